The van der Waals surface area contributed by atoms with Gasteiger partial charge in [-0.1, -0.05) is 118 Å². The molecular formula is C39H33N. The second kappa shape index (κ2) is 10.8. The molecule has 0 fully saturated rings. The fourth-order valence-corrected chi connectivity index (χ4v) is 5.38. The van der Waals surface area contributed by atoms with Crippen molar-refractivity contribution in [1.82, 2.24) is 4.98 Å². The van der Waals surface area contributed by atoms with Crippen LogP contribution in [0.3, 0.4) is 0 Å². The van der Waals surface area contributed by atoms with E-state index >= 15 is 0 Å². The Labute approximate surface area is 237 Å². The highest BCUT2D eigenvalue weighted by atomic mass is 14.7. The first-order valence-electron chi connectivity index (χ1n) is 13.9. The minimum Gasteiger partial charge on any atom is -0.256 e. The Kier molecular flexibility index (Phi) is 6.88. The molecule has 0 unspecified atom stereocenters. The van der Waals surface area contributed by atoms with Gasteiger partial charge in [0.25, 0.3) is 0 Å². The Morgan fingerprint density at radius 1 is 0.400 bits per heavy atom. The lowest BCUT2D eigenvalue weighted by molar-refractivity contribution is 0.592. The Morgan fingerprint density at radius 3 is 1.43 bits per heavy atom. The number of benzene rings is 5. The normalized spacial score (nSPS) is 11.4. The smallest absolute Gasteiger partial charge is 0.0705 e. The van der Waals surface area contributed by atoms with Crippen LogP contribution in [0.15, 0.2) is 146 Å². The van der Waals surface area contributed by atoms with E-state index in [1.807, 2.05) is 12.3 Å². The number of nitrogens with zero attached hydrogens (tertiary/aromatic N) is 1. The fourth-order valence-electron chi connectivity index (χ4n) is 5.38. The van der Waals surface area contributed by atoms with Gasteiger partial charge in [0.05, 0.1) is 5.69 Å². The Bertz CT molecular complexity index is 1690. The lowest BCUT2D eigenvalue weighted by Gasteiger charge is -2.23. The highest BCUT2D eigenvalue weighted by molar-refractivity contribution is 5.83. The van der Waals surface area contributed by atoms with Crippen LogP contribution in [-0.2, 0) is 5.41 Å². The van der Waals surface area contributed by atoms with E-state index in [0.717, 1.165) is 5.69 Å². The van der Waals surface area contributed by atoms with E-state index in [4.69, 9.17) is 4.98 Å². The summed E-state index contributed by atoms with van der Waals surface area (Å²) < 4.78 is 0. The van der Waals surface area contributed by atoms with Gasteiger partial charge in [0.2, 0.25) is 0 Å². The van der Waals surface area contributed by atoms with Crippen molar-refractivity contribution in [2.45, 2.75) is 26.2 Å². The van der Waals surface area contributed by atoms with Crippen molar-refractivity contribution in [3.8, 4) is 55.8 Å². The zero-order valence-electron chi connectivity index (χ0n) is 23.3. The lowest BCUT2D eigenvalue weighted by atomic mass is 9.81. The summed E-state index contributed by atoms with van der Waals surface area (Å²) >= 11 is 0. The molecule has 194 valence electrons. The van der Waals surface area contributed by atoms with E-state index in [-0.39, 0.29) is 5.41 Å². The summed E-state index contributed by atoms with van der Waals surface area (Å²) in [5.74, 6) is 0. The van der Waals surface area contributed by atoms with Gasteiger partial charge in [0.1, 0.15) is 0 Å². The number of hydrogen-bond donors (Lipinski definition) is 0. The maximum atomic E-state index is 4.70. The van der Waals surface area contributed by atoms with Gasteiger partial charge in [-0.2, -0.15) is 0 Å². The standard InChI is InChI=1S/C39H33N/c1-39(2,3)37-21-20-32(27-36(37)38-19-10-11-22-40-38)30-17-12-18-31(23-30)35-25-33(28-13-6-4-7-14-28)24-34(26-35)29-15-8-5-9-16-29/h4-27H,1-3H3. The van der Waals surface area contributed by atoms with Crippen molar-refractivity contribution in [3.63, 3.8) is 0 Å². The first-order valence-corrected chi connectivity index (χ1v) is 13.9. The first kappa shape index (κ1) is 25.5. The minimum absolute atomic E-state index is 0.0128. The summed E-state index contributed by atoms with van der Waals surface area (Å²) in [4.78, 5) is 4.70. The Morgan fingerprint density at radius 2 is 0.875 bits per heavy atom. The average molecular weight is 516 g/mol. The molecule has 5 aromatic carbocycles. The molecular weight excluding hydrogens is 482 g/mol. The van der Waals surface area contributed by atoms with Gasteiger partial charge in [-0.25, -0.2) is 0 Å². The summed E-state index contributed by atoms with van der Waals surface area (Å²) in [7, 11) is 0. The van der Waals surface area contributed by atoms with Gasteiger partial charge in [0, 0.05) is 11.8 Å². The third kappa shape index (κ3) is 5.37. The molecule has 0 amide bonds. The third-order valence-electron chi connectivity index (χ3n) is 7.44. The molecule has 40 heavy (non-hydrogen) atoms. The molecule has 0 aliphatic carbocycles. The SMILES string of the molecule is CC(C)(C)c1ccc(-c2cccc(-c3cc(-c4ccccc4)cc(-c4ccccc4)c3)c2)cc1-c1ccccn1. The average Bonchev–Trinajstić information content (AvgIpc) is 3.01. The molecule has 0 radical (unpaired) electrons. The van der Waals surface area contributed by atoms with Gasteiger partial charge in [-0.15, -0.1) is 0 Å². The fraction of sp³-hybridized carbons (Fsp3) is 0.103. The van der Waals surface area contributed by atoms with Crippen LogP contribution < -0.4 is 0 Å². The predicted molar refractivity (Wildman–Crippen MR) is 170 cm³/mol. The van der Waals surface area contributed by atoms with Crippen molar-refractivity contribution in [2.75, 3.05) is 0 Å². The molecule has 6 aromatic rings. The van der Waals surface area contributed by atoms with Gasteiger partial charge in [0.15, 0.2) is 0 Å². The second-order valence-corrected chi connectivity index (χ2v) is 11.3. The van der Waals surface area contributed by atoms with E-state index in [1.165, 1.54) is 55.6 Å². The second-order valence-electron chi connectivity index (χ2n) is 11.3. The molecule has 0 aliphatic rings. The Hall–Kier alpha value is -4.75. The maximum Gasteiger partial charge on any atom is 0.0705 e. The molecule has 0 spiro atoms. The van der Waals surface area contributed by atoms with Crippen LogP contribution >= 0.6 is 0 Å². The molecule has 0 bridgehead atoms. The topological polar surface area (TPSA) is 12.9 Å². The minimum atomic E-state index is 0.0128. The maximum absolute atomic E-state index is 4.70. The molecule has 1 aromatic heterocycles. The van der Waals surface area contributed by atoms with E-state index in [1.54, 1.807) is 0 Å². The van der Waals surface area contributed by atoms with Crippen LogP contribution in [0.1, 0.15) is 26.3 Å². The molecule has 0 aliphatic heterocycles. The van der Waals surface area contributed by atoms with Crippen LogP contribution in [0.5, 0.6) is 0 Å². The molecule has 0 saturated carbocycles. The van der Waals surface area contributed by atoms with Crippen LogP contribution in [0.2, 0.25) is 0 Å². The summed E-state index contributed by atoms with van der Waals surface area (Å²) in [6.45, 7) is 6.79. The van der Waals surface area contributed by atoms with Crippen LogP contribution in [0, 0.1) is 0 Å². The molecule has 0 atom stereocenters. The molecule has 6 rings (SSSR count). The summed E-state index contributed by atoms with van der Waals surface area (Å²) in [6, 6.07) is 50.0. The lowest BCUT2D eigenvalue weighted by Crippen LogP contribution is -2.13. The monoisotopic (exact) mass is 515 g/mol. The summed E-state index contributed by atoms with van der Waals surface area (Å²) in [6.07, 6.45) is 1.87. The van der Waals surface area contributed by atoms with Crippen LogP contribution in [-0.4, -0.2) is 4.98 Å². The van der Waals surface area contributed by atoms with Crippen molar-refractivity contribution >= 4 is 0 Å². The number of rotatable bonds is 5. The van der Waals surface area contributed by atoms with Gasteiger partial charge in [-0.05, 0) is 98.0 Å². The van der Waals surface area contributed by atoms with E-state index in [9.17, 15) is 0 Å². The van der Waals surface area contributed by atoms with E-state index in [2.05, 4.69) is 154 Å². The molecule has 0 N–H and O–H groups in total. The quantitative estimate of drug-likeness (QED) is 0.222. The largest absolute Gasteiger partial charge is 0.256 e. The third-order valence-corrected chi connectivity index (χ3v) is 7.44. The zero-order valence-corrected chi connectivity index (χ0v) is 23.3. The number of pyridine rings is 1. The zero-order chi connectivity index (χ0) is 27.5. The van der Waals surface area contributed by atoms with Crippen molar-refractivity contribution < 1.29 is 0 Å². The van der Waals surface area contributed by atoms with Crippen molar-refractivity contribution in [3.05, 3.63) is 151 Å². The van der Waals surface area contributed by atoms with E-state index in [0.29, 0.717) is 0 Å². The highest BCUT2D eigenvalue weighted by Gasteiger charge is 2.20. The Balaban J connectivity index is 1.47. The molecule has 0 saturated heterocycles. The highest BCUT2D eigenvalue weighted by Crippen LogP contribution is 2.38. The van der Waals surface area contributed by atoms with Gasteiger partial charge < -0.3 is 0 Å². The van der Waals surface area contributed by atoms with Crippen LogP contribution in [0.25, 0.3) is 55.8 Å². The van der Waals surface area contributed by atoms with Gasteiger partial charge in [-0.3, -0.25) is 4.98 Å². The van der Waals surface area contributed by atoms with Crippen molar-refractivity contribution in [2.24, 2.45) is 0 Å². The summed E-state index contributed by atoms with van der Waals surface area (Å²) in [5, 5.41) is 0. The first-order chi connectivity index (χ1) is 19.5. The molecule has 1 heterocycles. The van der Waals surface area contributed by atoms with E-state index < -0.39 is 0 Å². The molecule has 1 heteroatoms. The number of aromatic nitrogens is 1. The van der Waals surface area contributed by atoms with Crippen LogP contribution in [0.4, 0.5) is 0 Å². The van der Waals surface area contributed by atoms with Crippen molar-refractivity contribution in [1.29, 1.82) is 0 Å². The van der Waals surface area contributed by atoms with Gasteiger partial charge >= 0.3 is 0 Å². The summed E-state index contributed by atoms with van der Waals surface area (Å²) in [5.41, 5.74) is 13.2. The molecule has 1 nitrogen and oxygen atoms in total. The predicted octanol–water partition coefficient (Wildman–Crippen LogP) is 10.7. The number of hydrogen-bond acceptors (Lipinski definition) is 1.